The fourth-order valence-electron chi connectivity index (χ4n) is 3.88. The van der Waals surface area contributed by atoms with Crippen LogP contribution in [-0.4, -0.2) is 22.2 Å². The zero-order chi connectivity index (χ0) is 16.4. The minimum atomic E-state index is -0.0786. The number of piperidine rings is 1. The SMILES string of the molecule is CCC1(CC)C(N)CCC(C)(C)N1OC(C)c1ccccc1. The van der Waals surface area contributed by atoms with E-state index in [-0.39, 0.29) is 23.2 Å². The fraction of sp³-hybridized carbons (Fsp3) is 0.684. The van der Waals surface area contributed by atoms with Crippen LogP contribution in [0.4, 0.5) is 0 Å². The molecule has 0 spiro atoms. The summed E-state index contributed by atoms with van der Waals surface area (Å²) in [6.07, 6.45) is 4.18. The number of nitrogens with zero attached hydrogens (tertiary/aromatic N) is 1. The number of hydroxylamine groups is 2. The molecule has 3 nitrogen and oxygen atoms in total. The molecule has 1 aromatic carbocycles. The molecule has 0 radical (unpaired) electrons. The second kappa shape index (κ2) is 6.69. The van der Waals surface area contributed by atoms with Crippen molar-refractivity contribution in [2.24, 2.45) is 5.73 Å². The second-order valence-electron chi connectivity index (χ2n) is 7.22. The molecule has 1 aromatic rings. The van der Waals surface area contributed by atoms with Gasteiger partial charge in [0.1, 0.15) is 6.10 Å². The van der Waals surface area contributed by atoms with Crippen LogP contribution in [0.15, 0.2) is 30.3 Å². The summed E-state index contributed by atoms with van der Waals surface area (Å²) in [6.45, 7) is 11.1. The number of benzene rings is 1. The molecule has 0 bridgehead atoms. The first kappa shape index (κ1) is 17.5. The van der Waals surface area contributed by atoms with Crippen LogP contribution in [0.3, 0.4) is 0 Å². The van der Waals surface area contributed by atoms with Gasteiger partial charge in [0.05, 0.1) is 5.54 Å². The molecule has 2 atom stereocenters. The van der Waals surface area contributed by atoms with Gasteiger partial charge in [-0.25, -0.2) is 0 Å². The molecule has 0 aliphatic carbocycles. The Balaban J connectivity index is 2.30. The minimum absolute atomic E-state index is 0.00489. The van der Waals surface area contributed by atoms with Crippen LogP contribution in [0.1, 0.15) is 72.0 Å². The summed E-state index contributed by atoms with van der Waals surface area (Å²) in [7, 11) is 0. The average molecular weight is 304 g/mol. The molecular formula is C19H32N2O. The summed E-state index contributed by atoms with van der Waals surface area (Å²) in [5.74, 6) is 0. The van der Waals surface area contributed by atoms with Gasteiger partial charge in [-0.3, -0.25) is 4.84 Å². The Morgan fingerprint density at radius 2 is 1.82 bits per heavy atom. The van der Waals surface area contributed by atoms with Crippen molar-refractivity contribution < 1.29 is 4.84 Å². The van der Waals surface area contributed by atoms with Gasteiger partial charge in [-0.05, 0) is 52.0 Å². The molecule has 3 heteroatoms. The molecule has 2 rings (SSSR count). The van der Waals surface area contributed by atoms with Crippen molar-refractivity contribution in [2.45, 2.75) is 83.5 Å². The summed E-state index contributed by atoms with van der Waals surface area (Å²) < 4.78 is 0. The van der Waals surface area contributed by atoms with E-state index in [1.165, 1.54) is 5.56 Å². The fourth-order valence-corrected chi connectivity index (χ4v) is 3.88. The molecule has 2 N–H and O–H groups in total. The second-order valence-corrected chi connectivity index (χ2v) is 7.22. The topological polar surface area (TPSA) is 38.5 Å². The van der Waals surface area contributed by atoms with Crippen LogP contribution in [0.25, 0.3) is 0 Å². The first-order valence-corrected chi connectivity index (χ1v) is 8.65. The van der Waals surface area contributed by atoms with Gasteiger partial charge in [-0.1, -0.05) is 44.2 Å². The maximum atomic E-state index is 6.54. The molecule has 1 saturated heterocycles. The standard InChI is InChI=1S/C19H32N2O/c1-6-19(7-2)17(20)13-14-18(4,5)21(19)22-15(3)16-11-9-8-10-12-16/h8-12,15,17H,6-7,13-14,20H2,1-5H3. The van der Waals surface area contributed by atoms with E-state index < -0.39 is 0 Å². The third-order valence-electron chi connectivity index (χ3n) is 5.47. The van der Waals surface area contributed by atoms with Crippen LogP contribution < -0.4 is 5.73 Å². The summed E-state index contributed by atoms with van der Waals surface area (Å²) in [5.41, 5.74) is 7.67. The van der Waals surface area contributed by atoms with Gasteiger partial charge in [0.15, 0.2) is 0 Å². The van der Waals surface area contributed by atoms with Crippen molar-refractivity contribution in [3.63, 3.8) is 0 Å². The third kappa shape index (κ3) is 3.08. The van der Waals surface area contributed by atoms with Gasteiger partial charge >= 0.3 is 0 Å². The van der Waals surface area contributed by atoms with E-state index >= 15 is 0 Å². The lowest BCUT2D eigenvalue weighted by Crippen LogP contribution is -2.68. The summed E-state index contributed by atoms with van der Waals surface area (Å²) in [5, 5.41) is 2.24. The highest BCUT2D eigenvalue weighted by molar-refractivity contribution is 5.17. The molecule has 22 heavy (non-hydrogen) atoms. The van der Waals surface area contributed by atoms with Crippen LogP contribution in [0.2, 0.25) is 0 Å². The maximum absolute atomic E-state index is 6.54. The van der Waals surface area contributed by atoms with Gasteiger partial charge in [-0.2, -0.15) is 5.06 Å². The zero-order valence-electron chi connectivity index (χ0n) is 14.8. The van der Waals surface area contributed by atoms with Crippen molar-refractivity contribution in [1.82, 2.24) is 5.06 Å². The first-order valence-electron chi connectivity index (χ1n) is 8.65. The number of hydrogen-bond donors (Lipinski definition) is 1. The van der Waals surface area contributed by atoms with E-state index in [0.29, 0.717) is 0 Å². The largest absolute Gasteiger partial charge is 0.326 e. The van der Waals surface area contributed by atoms with E-state index in [1.54, 1.807) is 0 Å². The summed E-state index contributed by atoms with van der Waals surface area (Å²) in [6, 6.07) is 10.6. The molecule has 2 unspecified atom stereocenters. The summed E-state index contributed by atoms with van der Waals surface area (Å²) >= 11 is 0. The Morgan fingerprint density at radius 3 is 2.36 bits per heavy atom. The molecule has 1 aliphatic rings. The van der Waals surface area contributed by atoms with E-state index in [1.807, 2.05) is 6.07 Å². The molecule has 1 heterocycles. The highest BCUT2D eigenvalue weighted by Gasteiger charge is 2.51. The molecule has 1 fully saturated rings. The van der Waals surface area contributed by atoms with Crippen LogP contribution in [0.5, 0.6) is 0 Å². The maximum Gasteiger partial charge on any atom is 0.102 e. The molecule has 0 amide bonds. The van der Waals surface area contributed by atoms with Crippen molar-refractivity contribution >= 4 is 0 Å². The molecular weight excluding hydrogens is 272 g/mol. The van der Waals surface area contributed by atoms with Crippen LogP contribution in [-0.2, 0) is 4.84 Å². The Bertz CT molecular complexity index is 468. The van der Waals surface area contributed by atoms with Gasteiger partial charge in [0.2, 0.25) is 0 Å². The lowest BCUT2D eigenvalue weighted by atomic mass is 9.73. The third-order valence-corrected chi connectivity index (χ3v) is 5.47. The van der Waals surface area contributed by atoms with Crippen molar-refractivity contribution in [3.05, 3.63) is 35.9 Å². The monoisotopic (exact) mass is 304 g/mol. The Kier molecular flexibility index (Phi) is 5.31. The highest BCUT2D eigenvalue weighted by atomic mass is 16.7. The van der Waals surface area contributed by atoms with Gasteiger partial charge in [0, 0.05) is 11.6 Å². The number of rotatable bonds is 5. The lowest BCUT2D eigenvalue weighted by Gasteiger charge is -2.57. The van der Waals surface area contributed by atoms with Crippen LogP contribution >= 0.6 is 0 Å². The highest BCUT2D eigenvalue weighted by Crippen LogP contribution is 2.43. The minimum Gasteiger partial charge on any atom is -0.326 e. The average Bonchev–Trinajstić information content (AvgIpc) is 2.53. The molecule has 1 aliphatic heterocycles. The lowest BCUT2D eigenvalue weighted by molar-refractivity contribution is -0.317. The van der Waals surface area contributed by atoms with Crippen molar-refractivity contribution in [2.75, 3.05) is 0 Å². The van der Waals surface area contributed by atoms with Crippen molar-refractivity contribution in [3.8, 4) is 0 Å². The Hall–Kier alpha value is -0.900. The zero-order valence-corrected chi connectivity index (χ0v) is 14.8. The van der Waals surface area contributed by atoms with E-state index in [0.717, 1.165) is 25.7 Å². The van der Waals surface area contributed by atoms with E-state index in [9.17, 15) is 0 Å². The molecule has 124 valence electrons. The normalized spacial score (nSPS) is 25.8. The Labute approximate surface area is 135 Å². The number of hydrogen-bond acceptors (Lipinski definition) is 3. The quantitative estimate of drug-likeness (QED) is 0.874. The van der Waals surface area contributed by atoms with E-state index in [4.69, 9.17) is 10.6 Å². The smallest absolute Gasteiger partial charge is 0.102 e. The molecule has 0 saturated carbocycles. The molecule has 0 aromatic heterocycles. The predicted molar refractivity (Wildman–Crippen MR) is 92.4 cm³/mol. The first-order chi connectivity index (χ1) is 10.4. The van der Waals surface area contributed by atoms with E-state index in [2.05, 4.69) is 63.9 Å². The van der Waals surface area contributed by atoms with Gasteiger partial charge in [-0.15, -0.1) is 0 Å². The van der Waals surface area contributed by atoms with Gasteiger partial charge < -0.3 is 5.73 Å². The number of nitrogens with two attached hydrogens (primary N) is 1. The predicted octanol–water partition coefficient (Wildman–Crippen LogP) is 4.44. The van der Waals surface area contributed by atoms with Crippen molar-refractivity contribution in [1.29, 1.82) is 0 Å². The Morgan fingerprint density at radius 1 is 1.23 bits per heavy atom. The van der Waals surface area contributed by atoms with Crippen LogP contribution in [0, 0.1) is 0 Å². The summed E-state index contributed by atoms with van der Waals surface area (Å²) in [4.78, 5) is 6.51. The van der Waals surface area contributed by atoms with Gasteiger partial charge in [0.25, 0.3) is 0 Å².